The minimum Gasteiger partial charge on any atom is -0.493 e. The van der Waals surface area contributed by atoms with Gasteiger partial charge in [0.25, 0.3) is 5.09 Å². The lowest BCUT2D eigenvalue weighted by Crippen LogP contribution is -2.21. The van der Waals surface area contributed by atoms with Crippen LogP contribution in [-0.2, 0) is 27.2 Å². The first-order valence-electron chi connectivity index (χ1n) is 17.5. The second-order valence-electron chi connectivity index (χ2n) is 12.8. The number of hydrogen-bond donors (Lipinski definition) is 3. The highest BCUT2D eigenvalue weighted by molar-refractivity contribution is 5.89. The zero-order chi connectivity index (χ0) is 40.7. The molecule has 0 spiro atoms. The molecular weight excluding hydrogens is 743 g/mol. The summed E-state index contributed by atoms with van der Waals surface area (Å²) in [4.78, 5) is 39.6. The van der Waals surface area contributed by atoms with Crippen LogP contribution in [0.5, 0.6) is 23.0 Å². The van der Waals surface area contributed by atoms with Gasteiger partial charge in [-0.3, -0.25) is 4.79 Å². The summed E-state index contributed by atoms with van der Waals surface area (Å²) >= 11 is 0. The molecule has 0 radical (unpaired) electrons. The zero-order valence-electron chi connectivity index (χ0n) is 30.2. The van der Waals surface area contributed by atoms with Crippen LogP contribution in [0.2, 0.25) is 0 Å². The molecule has 1 saturated carbocycles. The van der Waals surface area contributed by atoms with E-state index in [2.05, 4.69) is 4.84 Å². The Kier molecular flexibility index (Phi) is 16.0. The number of alkyl halides is 3. The molecule has 1 fully saturated rings. The van der Waals surface area contributed by atoms with Crippen LogP contribution in [0, 0.1) is 22.0 Å². The van der Waals surface area contributed by atoms with Gasteiger partial charge in [0.1, 0.15) is 30.8 Å². The molecule has 0 heterocycles. The van der Waals surface area contributed by atoms with E-state index in [9.17, 15) is 48.2 Å². The lowest BCUT2D eigenvalue weighted by molar-refractivity contribution is -0.763. The largest absolute Gasteiger partial charge is 0.493 e. The molecule has 3 aromatic carbocycles. The van der Waals surface area contributed by atoms with Gasteiger partial charge in [0.2, 0.25) is 0 Å². The molecule has 16 heteroatoms. The number of esters is 2. The van der Waals surface area contributed by atoms with Crippen LogP contribution >= 0.6 is 0 Å². The van der Waals surface area contributed by atoms with Gasteiger partial charge in [-0.15, -0.1) is 10.1 Å². The molecule has 0 unspecified atom stereocenters. The van der Waals surface area contributed by atoms with Gasteiger partial charge >= 0.3 is 18.1 Å². The Morgan fingerprint density at radius 1 is 0.982 bits per heavy atom. The summed E-state index contributed by atoms with van der Waals surface area (Å²) in [5.74, 6) is -1.46. The first kappa shape index (κ1) is 43.0. The Hall–Kier alpha value is -5.71. The van der Waals surface area contributed by atoms with E-state index in [1.54, 1.807) is 30.3 Å². The average Bonchev–Trinajstić information content (AvgIpc) is 3.43. The third-order valence-corrected chi connectivity index (χ3v) is 8.66. The number of unbranched alkanes of at least 4 members (excludes halogenated alkanes) is 1. The Balaban J connectivity index is 1.19. The summed E-state index contributed by atoms with van der Waals surface area (Å²) in [6, 6.07) is 15.1. The Morgan fingerprint density at radius 3 is 2.50 bits per heavy atom. The van der Waals surface area contributed by atoms with Crippen LogP contribution in [0.3, 0.4) is 0 Å². The van der Waals surface area contributed by atoms with Crippen molar-refractivity contribution in [3.63, 3.8) is 0 Å². The number of aliphatic hydroxyl groups is 3. The van der Waals surface area contributed by atoms with E-state index in [4.69, 9.17) is 18.9 Å². The average molecular weight is 786 g/mol. The third-order valence-electron chi connectivity index (χ3n) is 8.66. The van der Waals surface area contributed by atoms with E-state index in [1.807, 2.05) is 12.2 Å². The standard InChI is InChI=1S/C40H42F3NO12/c1-52-37-21-26(15-19-39(49)55-31-11-6-8-27(20-31)24-54-44(50)51)14-18-36(37)56-38(48)13-5-3-2-4-12-32-33(35(47)23-34(32)46)17-16-29(45)25-53-30-10-7-9-28(22-30)40(41,42)43/h2,4,6-11,14-22,29,32-35,45-47H,3,5,12-13,23-25H2,1H3/b4-2-,17-16+,19-15+/t29-,32-,33-,34+,35-/m1/s1. The van der Waals surface area contributed by atoms with Crippen LogP contribution in [0.15, 0.2) is 97.1 Å². The Morgan fingerprint density at radius 2 is 1.75 bits per heavy atom. The molecule has 0 saturated heterocycles. The molecule has 5 atom stereocenters. The van der Waals surface area contributed by atoms with Gasteiger partial charge in [0.05, 0.1) is 24.9 Å². The number of aliphatic hydroxyl groups excluding tert-OH is 3. The molecule has 0 aromatic heterocycles. The number of ether oxygens (including phenoxy) is 4. The maximum atomic E-state index is 12.9. The maximum absolute atomic E-state index is 12.9. The first-order valence-corrected chi connectivity index (χ1v) is 17.5. The highest BCUT2D eigenvalue weighted by atomic mass is 19.4. The van der Waals surface area contributed by atoms with Gasteiger partial charge in [-0.2, -0.15) is 13.2 Å². The van der Waals surface area contributed by atoms with Crippen LogP contribution in [-0.4, -0.2) is 64.4 Å². The molecule has 300 valence electrons. The molecule has 1 aliphatic rings. The topological polar surface area (TPSA) is 184 Å². The van der Waals surface area contributed by atoms with Crippen LogP contribution in [0.4, 0.5) is 13.2 Å². The number of rotatable bonds is 19. The molecule has 13 nitrogen and oxygen atoms in total. The second-order valence-corrected chi connectivity index (χ2v) is 12.8. The van der Waals surface area contributed by atoms with Crippen molar-refractivity contribution in [1.29, 1.82) is 0 Å². The van der Waals surface area contributed by atoms with Crippen molar-refractivity contribution in [2.45, 2.75) is 63.2 Å². The van der Waals surface area contributed by atoms with Crippen LogP contribution in [0.25, 0.3) is 6.08 Å². The minimum atomic E-state index is -4.53. The summed E-state index contributed by atoms with van der Waals surface area (Å²) in [6.45, 7) is -0.604. The normalized spacial score (nSPS) is 19.0. The SMILES string of the molecule is COc1cc(/C=C/C(=O)Oc2cccc(CO[N+](=O)[O-])c2)ccc1OC(=O)CCC/C=C\C[C@@H]1[C@@H](/C=C/[C@@H](O)COc2cccc(C(F)(F)F)c2)[C@H](O)C[C@@H]1O. The van der Waals surface area contributed by atoms with Crippen molar-refractivity contribution in [2.24, 2.45) is 11.8 Å². The number of benzene rings is 3. The van der Waals surface area contributed by atoms with Gasteiger partial charge in [-0.1, -0.05) is 48.6 Å². The van der Waals surface area contributed by atoms with Gasteiger partial charge in [-0.25, -0.2) is 4.79 Å². The van der Waals surface area contributed by atoms with E-state index >= 15 is 0 Å². The van der Waals surface area contributed by atoms with E-state index in [-0.39, 0.29) is 55.0 Å². The molecule has 0 bridgehead atoms. The summed E-state index contributed by atoms with van der Waals surface area (Å²) in [5, 5.41) is 40.9. The molecule has 3 N–H and O–H groups in total. The predicted molar refractivity (Wildman–Crippen MR) is 195 cm³/mol. The molecule has 0 aliphatic heterocycles. The Labute approximate surface area is 320 Å². The summed E-state index contributed by atoms with van der Waals surface area (Å²) in [5.41, 5.74) is 0.120. The number of nitrogens with zero attached hydrogens (tertiary/aromatic N) is 1. The van der Waals surface area contributed by atoms with E-state index in [0.29, 0.717) is 30.4 Å². The molecule has 56 heavy (non-hydrogen) atoms. The van der Waals surface area contributed by atoms with Crippen LogP contribution in [0.1, 0.15) is 48.8 Å². The summed E-state index contributed by atoms with van der Waals surface area (Å²) in [7, 11) is 1.40. The molecule has 3 aromatic rings. The van der Waals surface area contributed by atoms with Crippen molar-refractivity contribution in [1.82, 2.24) is 0 Å². The molecular formula is C40H42F3NO12. The zero-order valence-corrected chi connectivity index (χ0v) is 30.2. The quantitative estimate of drug-likeness (QED) is 0.0231. The van der Waals surface area contributed by atoms with Crippen molar-refractivity contribution >= 4 is 18.0 Å². The van der Waals surface area contributed by atoms with Gasteiger partial charge in [0.15, 0.2) is 11.5 Å². The summed E-state index contributed by atoms with van der Waals surface area (Å²) < 4.78 is 60.2. The van der Waals surface area contributed by atoms with Gasteiger partial charge in [-0.05, 0) is 84.8 Å². The number of methoxy groups -OCH3 is 1. The number of allylic oxidation sites excluding steroid dienone is 2. The van der Waals surface area contributed by atoms with Crippen molar-refractivity contribution < 1.29 is 67.0 Å². The van der Waals surface area contributed by atoms with E-state index in [1.165, 1.54) is 55.7 Å². The Bertz CT molecular complexity index is 1880. The fraction of sp³-hybridized carbons (Fsp3) is 0.350. The lowest BCUT2D eigenvalue weighted by atomic mass is 9.89. The molecule has 0 amide bonds. The fourth-order valence-corrected chi connectivity index (χ4v) is 5.88. The predicted octanol–water partition coefficient (Wildman–Crippen LogP) is 6.42. The maximum Gasteiger partial charge on any atom is 0.416 e. The highest BCUT2D eigenvalue weighted by Gasteiger charge is 2.39. The first-order chi connectivity index (χ1) is 26.7. The van der Waals surface area contributed by atoms with Crippen molar-refractivity contribution in [3.05, 3.63) is 124 Å². The van der Waals surface area contributed by atoms with E-state index < -0.39 is 53.0 Å². The van der Waals surface area contributed by atoms with Gasteiger partial charge in [0, 0.05) is 24.8 Å². The lowest BCUT2D eigenvalue weighted by Gasteiger charge is -2.19. The van der Waals surface area contributed by atoms with Crippen molar-refractivity contribution in [3.8, 4) is 23.0 Å². The highest BCUT2D eigenvalue weighted by Crippen LogP contribution is 2.37. The number of carbonyl (C=O) groups is 2. The summed E-state index contributed by atoms with van der Waals surface area (Å²) in [6.07, 6.45) is 3.64. The molecule has 1 aliphatic carbocycles. The second kappa shape index (κ2) is 20.8. The monoisotopic (exact) mass is 785 g/mol. The molecule has 4 rings (SSSR count). The van der Waals surface area contributed by atoms with E-state index in [0.717, 1.165) is 12.1 Å². The fourth-order valence-electron chi connectivity index (χ4n) is 5.88. The van der Waals surface area contributed by atoms with Crippen molar-refractivity contribution in [2.75, 3.05) is 13.7 Å². The number of carbonyl (C=O) groups excluding carboxylic acids is 2. The van der Waals surface area contributed by atoms with Crippen LogP contribution < -0.4 is 18.9 Å². The van der Waals surface area contributed by atoms with Gasteiger partial charge < -0.3 is 39.1 Å². The number of hydrogen-bond acceptors (Lipinski definition) is 12. The smallest absolute Gasteiger partial charge is 0.416 e. The minimum absolute atomic E-state index is 0.0472. The third kappa shape index (κ3) is 13.9. The number of halogens is 3.